The predicted molar refractivity (Wildman–Crippen MR) is 76.7 cm³/mol. The molecule has 0 saturated heterocycles. The molecule has 0 unspecified atom stereocenters. The summed E-state index contributed by atoms with van der Waals surface area (Å²) in [6, 6.07) is 8.48. The van der Waals surface area contributed by atoms with Gasteiger partial charge >= 0.3 is 0 Å². The lowest BCUT2D eigenvalue weighted by Crippen LogP contribution is -2.30. The van der Waals surface area contributed by atoms with Gasteiger partial charge in [0, 0.05) is 18.8 Å². The van der Waals surface area contributed by atoms with Crippen LogP contribution in [0.5, 0.6) is 0 Å². The molecule has 17 heavy (non-hydrogen) atoms. The summed E-state index contributed by atoms with van der Waals surface area (Å²) in [7, 11) is 0. The summed E-state index contributed by atoms with van der Waals surface area (Å²) in [4.78, 5) is 2.53. The molecule has 0 amide bonds. The number of nitrogens with one attached hydrogen (secondary N) is 1. The second kappa shape index (κ2) is 8.13. The van der Waals surface area contributed by atoms with Crippen molar-refractivity contribution >= 4 is 5.69 Å². The third kappa shape index (κ3) is 5.22. The van der Waals surface area contributed by atoms with Crippen molar-refractivity contribution in [1.82, 2.24) is 4.90 Å². The Morgan fingerprint density at radius 3 is 2.24 bits per heavy atom. The van der Waals surface area contributed by atoms with E-state index in [9.17, 15) is 0 Å². The van der Waals surface area contributed by atoms with Crippen molar-refractivity contribution in [2.45, 2.75) is 33.6 Å². The summed E-state index contributed by atoms with van der Waals surface area (Å²) in [5, 5.41) is 3.52. The van der Waals surface area contributed by atoms with Gasteiger partial charge in [0.25, 0.3) is 0 Å². The minimum Gasteiger partial charge on any atom is -0.384 e. The number of benzene rings is 1. The molecule has 2 heteroatoms. The number of anilines is 1. The topological polar surface area (TPSA) is 15.3 Å². The zero-order chi connectivity index (χ0) is 12.5. The van der Waals surface area contributed by atoms with E-state index >= 15 is 0 Å². The normalized spacial score (nSPS) is 10.8. The second-order valence-corrected chi connectivity index (χ2v) is 4.58. The molecule has 0 bridgehead atoms. The molecule has 0 aliphatic carbocycles. The Hall–Kier alpha value is -1.02. The zero-order valence-corrected chi connectivity index (χ0v) is 11.5. The Bertz CT molecular complexity index is 304. The first-order valence-electron chi connectivity index (χ1n) is 6.79. The van der Waals surface area contributed by atoms with Gasteiger partial charge in [0.1, 0.15) is 0 Å². The first-order chi connectivity index (χ1) is 8.27. The number of rotatable bonds is 8. The minimum absolute atomic E-state index is 1.03. The molecule has 96 valence electrons. The van der Waals surface area contributed by atoms with Gasteiger partial charge in [-0.3, -0.25) is 0 Å². The molecule has 0 spiro atoms. The number of para-hydroxylation sites is 1. The van der Waals surface area contributed by atoms with Gasteiger partial charge in [-0.05, 0) is 44.5 Å². The van der Waals surface area contributed by atoms with Crippen LogP contribution in [0.3, 0.4) is 0 Å². The quantitative estimate of drug-likeness (QED) is 0.740. The Balaban J connectivity index is 2.33. The highest BCUT2D eigenvalue weighted by Gasteiger charge is 2.02. The average molecular weight is 234 g/mol. The maximum absolute atomic E-state index is 3.52. The molecule has 1 N–H and O–H groups in total. The summed E-state index contributed by atoms with van der Waals surface area (Å²) >= 11 is 0. The first-order valence-corrected chi connectivity index (χ1v) is 6.79. The fourth-order valence-corrected chi connectivity index (χ4v) is 2.09. The number of hydrogen-bond donors (Lipinski definition) is 1. The molecule has 0 aliphatic heterocycles. The second-order valence-electron chi connectivity index (χ2n) is 4.58. The van der Waals surface area contributed by atoms with Crippen LogP contribution < -0.4 is 5.32 Å². The summed E-state index contributed by atoms with van der Waals surface area (Å²) in [6.07, 6.45) is 2.48. The molecule has 0 atom stereocenters. The Kier molecular flexibility index (Phi) is 6.71. The van der Waals surface area contributed by atoms with Gasteiger partial charge in [0.15, 0.2) is 0 Å². The highest BCUT2D eigenvalue weighted by molar-refractivity contribution is 5.50. The van der Waals surface area contributed by atoms with Gasteiger partial charge in [-0.25, -0.2) is 0 Å². The van der Waals surface area contributed by atoms with Gasteiger partial charge in [-0.2, -0.15) is 0 Å². The molecule has 2 nitrogen and oxygen atoms in total. The van der Waals surface area contributed by atoms with E-state index < -0.39 is 0 Å². The van der Waals surface area contributed by atoms with Crippen LogP contribution in [0.1, 0.15) is 32.3 Å². The van der Waals surface area contributed by atoms with E-state index in [4.69, 9.17) is 0 Å². The largest absolute Gasteiger partial charge is 0.384 e. The highest BCUT2D eigenvalue weighted by atomic mass is 15.1. The van der Waals surface area contributed by atoms with Crippen molar-refractivity contribution < 1.29 is 0 Å². The van der Waals surface area contributed by atoms with Crippen molar-refractivity contribution in [2.24, 2.45) is 0 Å². The van der Waals surface area contributed by atoms with Crippen molar-refractivity contribution in [3.8, 4) is 0 Å². The molecule has 0 heterocycles. The van der Waals surface area contributed by atoms with Crippen LogP contribution in [0.4, 0.5) is 5.69 Å². The zero-order valence-electron chi connectivity index (χ0n) is 11.5. The molecule has 0 aromatic heterocycles. The standard InChI is InChI=1S/C15H26N2/c1-4-11-17(12-5-2)13-10-16-15-9-7-6-8-14(15)3/h6-9,16H,4-5,10-13H2,1-3H3. The minimum atomic E-state index is 1.03. The maximum Gasteiger partial charge on any atom is 0.0370 e. The SMILES string of the molecule is CCCN(CCC)CCNc1ccccc1C. The smallest absolute Gasteiger partial charge is 0.0370 e. The van der Waals surface area contributed by atoms with Gasteiger partial charge in [0.2, 0.25) is 0 Å². The molecule has 1 aromatic carbocycles. The van der Waals surface area contributed by atoms with Crippen LogP contribution in [-0.4, -0.2) is 31.1 Å². The van der Waals surface area contributed by atoms with Gasteiger partial charge < -0.3 is 10.2 Å². The van der Waals surface area contributed by atoms with Crippen LogP contribution in [0.15, 0.2) is 24.3 Å². The fraction of sp³-hybridized carbons (Fsp3) is 0.600. The average Bonchev–Trinajstić information content (AvgIpc) is 2.32. The van der Waals surface area contributed by atoms with Crippen LogP contribution in [0.2, 0.25) is 0 Å². The van der Waals surface area contributed by atoms with E-state index in [1.807, 2.05) is 0 Å². The molecule has 0 aliphatic rings. The monoisotopic (exact) mass is 234 g/mol. The van der Waals surface area contributed by atoms with E-state index in [2.05, 4.69) is 55.3 Å². The number of nitrogens with zero attached hydrogens (tertiary/aromatic N) is 1. The van der Waals surface area contributed by atoms with Gasteiger partial charge in [0.05, 0.1) is 0 Å². The summed E-state index contributed by atoms with van der Waals surface area (Å²) in [5.41, 5.74) is 2.59. The lowest BCUT2D eigenvalue weighted by Gasteiger charge is -2.21. The molecule has 0 saturated carbocycles. The van der Waals surface area contributed by atoms with E-state index in [-0.39, 0.29) is 0 Å². The van der Waals surface area contributed by atoms with Crippen molar-refractivity contribution in [3.63, 3.8) is 0 Å². The lowest BCUT2D eigenvalue weighted by molar-refractivity contribution is 0.285. The Morgan fingerprint density at radius 1 is 1.00 bits per heavy atom. The van der Waals surface area contributed by atoms with E-state index in [0.29, 0.717) is 0 Å². The highest BCUT2D eigenvalue weighted by Crippen LogP contribution is 2.12. The van der Waals surface area contributed by atoms with E-state index in [1.165, 1.54) is 37.2 Å². The summed E-state index contributed by atoms with van der Waals surface area (Å²) < 4.78 is 0. The third-order valence-corrected chi connectivity index (χ3v) is 2.97. The van der Waals surface area contributed by atoms with Crippen LogP contribution in [-0.2, 0) is 0 Å². The van der Waals surface area contributed by atoms with Gasteiger partial charge in [-0.15, -0.1) is 0 Å². The third-order valence-electron chi connectivity index (χ3n) is 2.97. The number of hydrogen-bond acceptors (Lipinski definition) is 2. The molecular weight excluding hydrogens is 208 g/mol. The maximum atomic E-state index is 3.52. The van der Waals surface area contributed by atoms with E-state index in [1.54, 1.807) is 0 Å². The molecule has 0 radical (unpaired) electrons. The van der Waals surface area contributed by atoms with Crippen molar-refractivity contribution in [1.29, 1.82) is 0 Å². The van der Waals surface area contributed by atoms with Crippen LogP contribution in [0, 0.1) is 6.92 Å². The fourth-order valence-electron chi connectivity index (χ4n) is 2.09. The van der Waals surface area contributed by atoms with Crippen LogP contribution >= 0.6 is 0 Å². The van der Waals surface area contributed by atoms with Crippen molar-refractivity contribution in [2.75, 3.05) is 31.5 Å². The predicted octanol–water partition coefficient (Wildman–Crippen LogP) is 3.53. The molecule has 1 aromatic rings. The summed E-state index contributed by atoms with van der Waals surface area (Å²) in [5.74, 6) is 0. The van der Waals surface area contributed by atoms with Gasteiger partial charge in [-0.1, -0.05) is 32.0 Å². The van der Waals surface area contributed by atoms with E-state index in [0.717, 1.165) is 13.1 Å². The summed E-state index contributed by atoms with van der Waals surface area (Å²) in [6.45, 7) is 11.2. The Labute approximate surface area is 106 Å². The first kappa shape index (κ1) is 14.0. The van der Waals surface area contributed by atoms with Crippen LogP contribution in [0.25, 0.3) is 0 Å². The molecule has 1 rings (SSSR count). The van der Waals surface area contributed by atoms with Crippen molar-refractivity contribution in [3.05, 3.63) is 29.8 Å². The number of aryl methyl sites for hydroxylation is 1. The Morgan fingerprint density at radius 2 is 1.65 bits per heavy atom. The molecular formula is C15H26N2. The molecule has 0 fully saturated rings. The lowest BCUT2D eigenvalue weighted by atomic mass is 10.2.